The number of carbonyl (C=O) groups excluding carboxylic acids is 2. The summed E-state index contributed by atoms with van der Waals surface area (Å²) in [5.41, 5.74) is 0. The Bertz CT molecular complexity index is 1420. The molecule has 0 aliphatic carbocycles. The zero-order valence-electron chi connectivity index (χ0n) is 33.0. The molecule has 0 unspecified atom stereocenters. The van der Waals surface area contributed by atoms with Crippen molar-refractivity contribution in [3.05, 3.63) is 0 Å². The summed E-state index contributed by atoms with van der Waals surface area (Å²) in [6.07, 6.45) is -42.3. The van der Waals surface area contributed by atoms with Crippen molar-refractivity contribution in [2.75, 3.05) is 26.4 Å². The van der Waals surface area contributed by atoms with Crippen LogP contribution in [0.2, 0.25) is 0 Å². The second-order valence-corrected chi connectivity index (χ2v) is 15.4. The fourth-order valence-electron chi connectivity index (χ4n) is 7.74. The fraction of sp³-hybridized carbons (Fsp3) is 0.941. The summed E-state index contributed by atoms with van der Waals surface area (Å²) in [7, 11) is 0. The van der Waals surface area contributed by atoms with E-state index < -0.39 is 192 Å². The van der Waals surface area contributed by atoms with Crippen molar-refractivity contribution < 1.29 is 124 Å². The Hall–Kier alpha value is -1.98. The van der Waals surface area contributed by atoms with Crippen molar-refractivity contribution in [2.45, 2.75) is 174 Å². The lowest BCUT2D eigenvalue weighted by Crippen LogP contribution is -2.71. The van der Waals surface area contributed by atoms with Gasteiger partial charge in [0.05, 0.1) is 32.5 Å². The van der Waals surface area contributed by atoms with Gasteiger partial charge >= 0.3 is 0 Å². The Morgan fingerprint density at radius 3 is 1.34 bits per heavy atom. The molecule has 354 valence electrons. The predicted octanol–water partition coefficient (Wildman–Crippen LogP) is -10.6. The quantitative estimate of drug-likeness (QED) is 0.0770. The first-order chi connectivity index (χ1) is 28.8. The highest BCUT2D eigenvalue weighted by Crippen LogP contribution is 2.37. The van der Waals surface area contributed by atoms with Gasteiger partial charge in [0.1, 0.15) is 116 Å². The number of amides is 2. The van der Waals surface area contributed by atoms with Gasteiger partial charge in [-0.2, -0.15) is 0 Å². The zero-order chi connectivity index (χ0) is 45.2. The average Bonchev–Trinajstić information content (AvgIpc) is 3.22. The number of nitrogens with one attached hydrogen (secondary N) is 2. The van der Waals surface area contributed by atoms with Gasteiger partial charge in [0.25, 0.3) is 0 Å². The fourth-order valence-corrected chi connectivity index (χ4v) is 7.74. The lowest BCUT2D eigenvalue weighted by molar-refractivity contribution is -0.402. The molecule has 5 saturated heterocycles. The molecule has 27 nitrogen and oxygen atoms in total. The van der Waals surface area contributed by atoms with E-state index in [1.54, 1.807) is 0 Å². The lowest BCUT2D eigenvalue weighted by atomic mass is 9.93. The third kappa shape index (κ3) is 10.8. The van der Waals surface area contributed by atoms with E-state index in [9.17, 15) is 81.1 Å². The monoisotopic (exact) mass is 894 g/mol. The largest absolute Gasteiger partial charge is 0.394 e. The van der Waals surface area contributed by atoms with Crippen molar-refractivity contribution >= 4 is 11.8 Å². The molecule has 27 heteroatoms. The smallest absolute Gasteiger partial charge is 0.217 e. The van der Waals surface area contributed by atoms with E-state index in [-0.39, 0.29) is 0 Å². The topological polar surface area (TPSA) is 424 Å². The first-order valence-electron chi connectivity index (χ1n) is 19.5. The van der Waals surface area contributed by atoms with Crippen molar-refractivity contribution in [2.24, 2.45) is 0 Å². The molecule has 2 amide bonds. The van der Waals surface area contributed by atoms with Crippen LogP contribution in [0.25, 0.3) is 0 Å². The van der Waals surface area contributed by atoms with Crippen molar-refractivity contribution in [1.29, 1.82) is 0 Å². The molecule has 16 N–H and O–H groups in total. The Balaban J connectivity index is 1.56. The van der Waals surface area contributed by atoms with Crippen molar-refractivity contribution in [3.63, 3.8) is 0 Å². The number of hydrogen-bond donors (Lipinski definition) is 16. The van der Waals surface area contributed by atoms with E-state index >= 15 is 0 Å². The van der Waals surface area contributed by atoms with Gasteiger partial charge in [0.2, 0.25) is 11.8 Å². The predicted molar refractivity (Wildman–Crippen MR) is 188 cm³/mol. The molecule has 0 radical (unpaired) electrons. The molecule has 5 rings (SSSR count). The highest BCUT2D eigenvalue weighted by Gasteiger charge is 2.58. The normalized spacial score (nSPS) is 49.6. The lowest BCUT2D eigenvalue weighted by Gasteiger charge is -2.51. The number of rotatable bonds is 14. The molecule has 0 bridgehead atoms. The highest BCUT2D eigenvalue weighted by atomic mass is 16.8. The summed E-state index contributed by atoms with van der Waals surface area (Å²) >= 11 is 0. The molecule has 5 aliphatic heterocycles. The summed E-state index contributed by atoms with van der Waals surface area (Å²) < 4.78 is 52.2. The van der Waals surface area contributed by atoms with Crippen LogP contribution in [-0.4, -0.2) is 263 Å². The molecule has 0 aromatic heterocycles. The van der Waals surface area contributed by atoms with E-state index in [4.69, 9.17) is 42.6 Å². The molecular weight excluding hydrogens is 836 g/mol. The second-order valence-electron chi connectivity index (χ2n) is 15.4. The third-order valence-corrected chi connectivity index (χ3v) is 11.1. The molecule has 5 aliphatic rings. The number of carbonyl (C=O) groups is 2. The van der Waals surface area contributed by atoms with Crippen molar-refractivity contribution in [1.82, 2.24) is 10.6 Å². The summed E-state index contributed by atoms with van der Waals surface area (Å²) in [4.78, 5) is 24.8. The summed E-state index contributed by atoms with van der Waals surface area (Å²) in [5.74, 6) is -1.55. The van der Waals surface area contributed by atoms with Gasteiger partial charge < -0.3 is 125 Å². The van der Waals surface area contributed by atoms with Crippen LogP contribution in [0, 0.1) is 0 Å². The molecular formula is C34H58N2O25. The Labute approximate surface area is 346 Å². The minimum absolute atomic E-state index is 0.728. The van der Waals surface area contributed by atoms with E-state index in [1.807, 2.05) is 0 Å². The minimum Gasteiger partial charge on any atom is -0.394 e. The number of hydrogen-bond acceptors (Lipinski definition) is 25. The average molecular weight is 895 g/mol. The minimum atomic E-state index is -2.08. The maximum absolute atomic E-state index is 12.7. The molecule has 5 heterocycles. The van der Waals surface area contributed by atoms with Gasteiger partial charge in [-0.3, -0.25) is 9.59 Å². The van der Waals surface area contributed by atoms with Gasteiger partial charge in [0.15, 0.2) is 31.5 Å². The van der Waals surface area contributed by atoms with Crippen LogP contribution in [-0.2, 0) is 52.2 Å². The number of ether oxygens (including phenoxy) is 9. The Morgan fingerprint density at radius 2 is 0.803 bits per heavy atom. The molecule has 25 atom stereocenters. The Morgan fingerprint density at radius 1 is 0.426 bits per heavy atom. The van der Waals surface area contributed by atoms with Gasteiger partial charge in [-0.25, -0.2) is 0 Å². The van der Waals surface area contributed by atoms with Crippen LogP contribution in [0.5, 0.6) is 0 Å². The van der Waals surface area contributed by atoms with E-state index in [0.717, 1.165) is 13.8 Å². The molecule has 0 saturated carbocycles. The van der Waals surface area contributed by atoms with Crippen molar-refractivity contribution in [3.8, 4) is 0 Å². The zero-order valence-corrected chi connectivity index (χ0v) is 33.0. The van der Waals surface area contributed by atoms with Gasteiger partial charge in [-0.15, -0.1) is 0 Å². The first kappa shape index (κ1) is 50.0. The Kier molecular flexibility index (Phi) is 17.5. The van der Waals surface area contributed by atoms with E-state index in [1.165, 1.54) is 6.92 Å². The van der Waals surface area contributed by atoms with Gasteiger partial charge in [-0.05, 0) is 6.92 Å². The maximum Gasteiger partial charge on any atom is 0.217 e. The molecule has 5 fully saturated rings. The summed E-state index contributed by atoms with van der Waals surface area (Å²) in [6, 6.07) is -3.28. The van der Waals surface area contributed by atoms with E-state index in [2.05, 4.69) is 10.6 Å². The summed E-state index contributed by atoms with van der Waals surface area (Å²) in [5, 5.41) is 154. The molecule has 0 aromatic rings. The van der Waals surface area contributed by atoms with Gasteiger partial charge in [0, 0.05) is 13.8 Å². The van der Waals surface area contributed by atoms with Crippen LogP contribution in [0.15, 0.2) is 0 Å². The number of aliphatic hydroxyl groups excluding tert-OH is 14. The van der Waals surface area contributed by atoms with Crippen LogP contribution in [0.4, 0.5) is 0 Å². The third-order valence-electron chi connectivity index (χ3n) is 11.1. The van der Waals surface area contributed by atoms with Gasteiger partial charge in [-0.1, -0.05) is 0 Å². The molecule has 0 spiro atoms. The van der Waals surface area contributed by atoms with Crippen LogP contribution >= 0.6 is 0 Å². The maximum atomic E-state index is 12.7. The van der Waals surface area contributed by atoms with Crippen LogP contribution in [0.1, 0.15) is 20.8 Å². The van der Waals surface area contributed by atoms with Crippen LogP contribution in [0.3, 0.4) is 0 Å². The second kappa shape index (κ2) is 21.3. The summed E-state index contributed by atoms with van der Waals surface area (Å²) in [6.45, 7) is -0.335. The van der Waals surface area contributed by atoms with E-state index in [0.29, 0.717) is 0 Å². The molecule has 0 aromatic carbocycles. The number of aliphatic hydroxyl groups is 14. The molecule has 61 heavy (non-hydrogen) atoms. The SMILES string of the molecule is CC(=O)N[C@@H]1[C@@H](O[C@H]2O[C@H](CO)[C@H](O)[C@H](O[C@@H]3O[C@H](CO)[C@H](O)[C@H](O[C@H]4O[C@H](CO)[C@H](O)[C@H](O)[C@H]4O)[C@H]3O[C@@H]3O[C@@H](C)[C@@H](O)[C@@H](O)[C@@H]3O)[C@H]2NC(C)=O)[C@@H](O)[C@@H](CO)O[C@@H]1O. The standard InChI is InChI=1S/C34H58N2O25/c1-8-17(43)22(48)24(50)32(53-8)61-29-28(60-33-25(51)23(49)18(44)11(4-37)56-33)21(47)14(7-40)57-34(29)59-27-16(36-10(3)42)31(55-13(6-39)20(27)46)58-26-15(35-9(2)41)30(52)54-12(5-38)19(26)45/h8,11-34,37-40,43-52H,4-7H2,1-3H3,(H,35,41)(H,36,42)/t8-,11+,12+,13+,14+,15+,16+,17+,18-,19-,20-,21-,22+,23-,24-,25+,26+,27+,28-,29+,30-,31+,32-,33+,34-/m0/s1. The first-order valence-corrected chi connectivity index (χ1v) is 19.5. The van der Waals surface area contributed by atoms with Crippen LogP contribution < -0.4 is 10.6 Å². The highest BCUT2D eigenvalue weighted by molar-refractivity contribution is 5.73.